The molecule has 14 heavy (non-hydrogen) atoms. The highest BCUT2D eigenvalue weighted by Gasteiger charge is 1.98. The van der Waals surface area contributed by atoms with Crippen LogP contribution in [0.2, 0.25) is 0 Å². The van der Waals surface area contributed by atoms with Crippen LogP contribution in [0.3, 0.4) is 0 Å². The summed E-state index contributed by atoms with van der Waals surface area (Å²) >= 11 is 0. The van der Waals surface area contributed by atoms with Crippen molar-refractivity contribution in [3.05, 3.63) is 6.42 Å². The fourth-order valence-electron chi connectivity index (χ4n) is 1.64. The second-order valence-electron chi connectivity index (χ2n) is 4.59. The predicted molar refractivity (Wildman–Crippen MR) is 66.4 cm³/mol. The highest BCUT2D eigenvalue weighted by atomic mass is 14.0. The molecule has 0 nitrogen and oxygen atoms in total. The van der Waals surface area contributed by atoms with E-state index in [1.807, 2.05) is 0 Å². The van der Waals surface area contributed by atoms with Crippen LogP contribution < -0.4 is 0 Å². The minimum absolute atomic E-state index is 0.898. The van der Waals surface area contributed by atoms with Gasteiger partial charge in [-0.15, -0.1) is 0 Å². The first kappa shape index (κ1) is 14.0. The van der Waals surface area contributed by atoms with E-state index in [0.717, 1.165) is 5.92 Å². The van der Waals surface area contributed by atoms with Gasteiger partial charge < -0.3 is 0 Å². The van der Waals surface area contributed by atoms with Crippen molar-refractivity contribution in [2.75, 3.05) is 0 Å². The molecule has 0 rings (SSSR count). The summed E-state index contributed by atoms with van der Waals surface area (Å²) < 4.78 is 0. The van der Waals surface area contributed by atoms with Crippen molar-refractivity contribution in [2.45, 2.75) is 78.6 Å². The monoisotopic (exact) mass is 197 g/mol. The quantitative estimate of drug-likeness (QED) is 0.413. The second kappa shape index (κ2) is 11.1. The summed E-state index contributed by atoms with van der Waals surface area (Å²) in [5, 5.41) is 0. The third kappa shape index (κ3) is 10.1. The van der Waals surface area contributed by atoms with E-state index in [-0.39, 0.29) is 0 Å². The first-order valence-electron chi connectivity index (χ1n) is 6.62. The van der Waals surface area contributed by atoms with Gasteiger partial charge in [-0.05, 0) is 18.8 Å². The summed E-state index contributed by atoms with van der Waals surface area (Å²) in [4.78, 5) is 0. The summed E-state index contributed by atoms with van der Waals surface area (Å²) in [6.07, 6.45) is 15.0. The van der Waals surface area contributed by atoms with Gasteiger partial charge >= 0.3 is 0 Å². The van der Waals surface area contributed by atoms with Gasteiger partial charge in [0.25, 0.3) is 0 Å². The standard InChI is InChI=1S/C14H29/c1-4-6-7-8-9-10-11-12-13-14(3)5-2/h12,14H,4-11,13H2,1-3H3. The van der Waals surface area contributed by atoms with Crippen molar-refractivity contribution < 1.29 is 0 Å². The topological polar surface area (TPSA) is 0 Å². The smallest absolute Gasteiger partial charge is 0.0383 e. The van der Waals surface area contributed by atoms with Crippen molar-refractivity contribution in [3.8, 4) is 0 Å². The molecule has 0 bridgehead atoms. The van der Waals surface area contributed by atoms with Crippen LogP contribution >= 0.6 is 0 Å². The molecule has 1 radical (unpaired) electrons. The van der Waals surface area contributed by atoms with Gasteiger partial charge in [-0.25, -0.2) is 0 Å². The summed E-state index contributed by atoms with van der Waals surface area (Å²) in [5.41, 5.74) is 0. The molecule has 0 heterocycles. The lowest BCUT2D eigenvalue weighted by atomic mass is 10.00. The Hall–Kier alpha value is 0. The van der Waals surface area contributed by atoms with Crippen molar-refractivity contribution >= 4 is 0 Å². The Morgan fingerprint density at radius 1 is 0.929 bits per heavy atom. The fraction of sp³-hybridized carbons (Fsp3) is 0.929. The Morgan fingerprint density at radius 2 is 1.57 bits per heavy atom. The average molecular weight is 197 g/mol. The van der Waals surface area contributed by atoms with Crippen molar-refractivity contribution in [1.29, 1.82) is 0 Å². The summed E-state index contributed by atoms with van der Waals surface area (Å²) in [5.74, 6) is 0.898. The molecular formula is C14H29. The van der Waals surface area contributed by atoms with Gasteiger partial charge in [0.15, 0.2) is 0 Å². The minimum Gasteiger partial charge on any atom is -0.0654 e. The Bertz CT molecular complexity index is 96.2. The Labute approximate surface area is 91.5 Å². The lowest BCUT2D eigenvalue weighted by Gasteiger charge is -2.06. The first-order chi connectivity index (χ1) is 6.81. The molecule has 0 aromatic heterocycles. The number of hydrogen-bond donors (Lipinski definition) is 0. The van der Waals surface area contributed by atoms with E-state index in [1.54, 1.807) is 0 Å². The van der Waals surface area contributed by atoms with E-state index < -0.39 is 0 Å². The van der Waals surface area contributed by atoms with Gasteiger partial charge in [0.1, 0.15) is 0 Å². The third-order valence-electron chi connectivity index (χ3n) is 3.03. The molecule has 1 unspecified atom stereocenters. The molecule has 0 heteroatoms. The molecule has 0 aliphatic heterocycles. The summed E-state index contributed by atoms with van der Waals surface area (Å²) in [6, 6.07) is 0. The molecule has 0 aromatic rings. The number of rotatable bonds is 10. The van der Waals surface area contributed by atoms with Crippen LogP contribution in [0.25, 0.3) is 0 Å². The molecule has 0 amide bonds. The molecule has 0 N–H and O–H groups in total. The SMILES string of the molecule is CCCCCCCC[CH]CC(C)CC. The Morgan fingerprint density at radius 3 is 2.21 bits per heavy atom. The average Bonchev–Trinajstić information content (AvgIpc) is 2.21. The number of unbranched alkanes of at least 4 members (excludes halogenated alkanes) is 7. The highest BCUT2D eigenvalue weighted by Crippen LogP contribution is 2.13. The van der Waals surface area contributed by atoms with Crippen LogP contribution in [-0.4, -0.2) is 0 Å². The Kier molecular flexibility index (Phi) is 11.1. The van der Waals surface area contributed by atoms with Crippen molar-refractivity contribution in [2.24, 2.45) is 5.92 Å². The molecule has 0 aliphatic carbocycles. The van der Waals surface area contributed by atoms with Crippen LogP contribution in [0, 0.1) is 12.3 Å². The van der Waals surface area contributed by atoms with Gasteiger partial charge in [-0.1, -0.05) is 72.1 Å². The van der Waals surface area contributed by atoms with Crippen LogP contribution in [0.15, 0.2) is 0 Å². The zero-order valence-electron chi connectivity index (χ0n) is 10.5. The predicted octanol–water partition coefficient (Wildman–Crippen LogP) is 5.38. The van der Waals surface area contributed by atoms with E-state index in [2.05, 4.69) is 27.2 Å². The minimum atomic E-state index is 0.898. The molecule has 0 aromatic carbocycles. The van der Waals surface area contributed by atoms with Crippen LogP contribution in [0.4, 0.5) is 0 Å². The maximum Gasteiger partial charge on any atom is -0.0383 e. The zero-order valence-corrected chi connectivity index (χ0v) is 10.5. The maximum atomic E-state index is 2.49. The van der Waals surface area contributed by atoms with E-state index >= 15 is 0 Å². The van der Waals surface area contributed by atoms with Gasteiger partial charge in [-0.3, -0.25) is 0 Å². The molecule has 0 fully saturated rings. The molecule has 1 atom stereocenters. The summed E-state index contributed by atoms with van der Waals surface area (Å²) in [6.45, 7) is 6.90. The highest BCUT2D eigenvalue weighted by molar-refractivity contribution is 4.67. The van der Waals surface area contributed by atoms with Crippen molar-refractivity contribution in [3.63, 3.8) is 0 Å². The molecule has 85 valence electrons. The van der Waals surface area contributed by atoms with Crippen molar-refractivity contribution in [1.82, 2.24) is 0 Å². The second-order valence-corrected chi connectivity index (χ2v) is 4.59. The lowest BCUT2D eigenvalue weighted by molar-refractivity contribution is 0.531. The zero-order chi connectivity index (χ0) is 10.6. The van der Waals surface area contributed by atoms with E-state index in [1.165, 1.54) is 57.8 Å². The van der Waals surface area contributed by atoms with Crippen LogP contribution in [0.1, 0.15) is 78.6 Å². The van der Waals surface area contributed by atoms with E-state index in [4.69, 9.17) is 0 Å². The lowest BCUT2D eigenvalue weighted by Crippen LogP contribution is -1.92. The van der Waals surface area contributed by atoms with Gasteiger partial charge in [-0.2, -0.15) is 0 Å². The normalized spacial score (nSPS) is 13.1. The van der Waals surface area contributed by atoms with Crippen LogP contribution in [0.5, 0.6) is 0 Å². The fourth-order valence-corrected chi connectivity index (χ4v) is 1.64. The molecule has 0 saturated carbocycles. The van der Waals surface area contributed by atoms with Gasteiger partial charge in [0, 0.05) is 0 Å². The molecule has 0 spiro atoms. The van der Waals surface area contributed by atoms with E-state index in [9.17, 15) is 0 Å². The molecule has 0 aliphatic rings. The Balaban J connectivity index is 2.92. The van der Waals surface area contributed by atoms with Crippen LogP contribution in [-0.2, 0) is 0 Å². The van der Waals surface area contributed by atoms with E-state index in [0.29, 0.717) is 0 Å². The third-order valence-corrected chi connectivity index (χ3v) is 3.03. The van der Waals surface area contributed by atoms with Gasteiger partial charge in [0.2, 0.25) is 0 Å². The molecular weight excluding hydrogens is 168 g/mol. The molecule has 0 saturated heterocycles. The largest absolute Gasteiger partial charge is 0.0654 e. The van der Waals surface area contributed by atoms with Gasteiger partial charge in [0.05, 0.1) is 0 Å². The number of hydrogen-bond acceptors (Lipinski definition) is 0. The summed E-state index contributed by atoms with van der Waals surface area (Å²) in [7, 11) is 0. The first-order valence-corrected chi connectivity index (χ1v) is 6.62. The maximum absolute atomic E-state index is 2.49.